The van der Waals surface area contributed by atoms with Crippen molar-refractivity contribution in [1.29, 1.82) is 0 Å². The van der Waals surface area contributed by atoms with E-state index in [0.717, 1.165) is 0 Å². The van der Waals surface area contributed by atoms with Gasteiger partial charge in [-0.15, -0.1) is 0 Å². The summed E-state index contributed by atoms with van der Waals surface area (Å²) in [4.78, 5) is 11.6. The molecule has 0 aromatic heterocycles. The van der Waals surface area contributed by atoms with Crippen LogP contribution in [0.3, 0.4) is 0 Å². The van der Waals surface area contributed by atoms with Gasteiger partial charge < -0.3 is 4.89 Å². The summed E-state index contributed by atoms with van der Waals surface area (Å²) in [6.45, 7) is -0.0694. The summed E-state index contributed by atoms with van der Waals surface area (Å²) in [5.74, 6) is 0. The third-order valence-electron chi connectivity index (χ3n) is 0.0430. The molecule has 0 amide bonds. The first-order valence-electron chi connectivity index (χ1n) is 0.654. The van der Waals surface area contributed by atoms with Gasteiger partial charge in [0.15, 0.2) is 0 Å². The Balaban J connectivity index is -0.0000000450. The second-order valence-electron chi connectivity index (χ2n) is 0.202. The maximum atomic E-state index is 8.70. The van der Waals surface area contributed by atoms with Crippen LogP contribution >= 0.6 is 0 Å². The quantitative estimate of drug-likeness (QED) is 0.206. The fourth-order valence-electron chi connectivity index (χ4n) is 0. The van der Waals surface area contributed by atoms with Gasteiger partial charge in [-0.3, -0.25) is 4.79 Å². The first kappa shape index (κ1) is 15.9. The molecule has 0 aliphatic rings. The number of hydrogen-bond acceptors (Lipinski definition) is 3. The minimum absolute atomic E-state index is 0. The summed E-state index contributed by atoms with van der Waals surface area (Å²) in [5.41, 5.74) is 0. The van der Waals surface area contributed by atoms with E-state index in [-0.39, 0.29) is 109 Å². The predicted octanol–water partition coefficient (Wildman–Crippen LogP) is -1.66. The SMILES string of the molecule is O=COO.[KH].[KH]. The summed E-state index contributed by atoms with van der Waals surface area (Å²) in [7, 11) is 0. The molecule has 28 valence electrons. The van der Waals surface area contributed by atoms with Gasteiger partial charge in [-0.1, -0.05) is 0 Å². The average molecular weight is 142 g/mol. The Labute approximate surface area is 121 Å². The van der Waals surface area contributed by atoms with Crippen molar-refractivity contribution in [1.82, 2.24) is 0 Å². The standard InChI is InChI=1S/CH2O3.2K.2H/c2-1-4-3;;;;/h1,3H;;;;. The molecule has 6 heavy (non-hydrogen) atoms. The zero-order valence-corrected chi connectivity index (χ0v) is 1.84. The van der Waals surface area contributed by atoms with Crippen LogP contribution in [-0.4, -0.2) is 114 Å². The third kappa shape index (κ3) is 15.9. The van der Waals surface area contributed by atoms with Crippen LogP contribution in [-0.2, 0) is 9.68 Å². The van der Waals surface area contributed by atoms with Gasteiger partial charge in [-0.25, -0.2) is 5.26 Å². The van der Waals surface area contributed by atoms with Gasteiger partial charge in [0.1, 0.15) is 0 Å². The Morgan fingerprint density at radius 1 is 1.50 bits per heavy atom. The van der Waals surface area contributed by atoms with Crippen LogP contribution in [0.15, 0.2) is 0 Å². The van der Waals surface area contributed by atoms with Crippen molar-refractivity contribution in [2.24, 2.45) is 0 Å². The minimum atomic E-state index is -0.0694. The van der Waals surface area contributed by atoms with Gasteiger partial charge in [0.05, 0.1) is 0 Å². The van der Waals surface area contributed by atoms with E-state index >= 15 is 0 Å². The van der Waals surface area contributed by atoms with Gasteiger partial charge in [0.25, 0.3) is 0 Å². The van der Waals surface area contributed by atoms with Crippen molar-refractivity contribution in [3.8, 4) is 0 Å². The summed E-state index contributed by atoms with van der Waals surface area (Å²) >= 11 is 0. The molecule has 0 rings (SSSR count). The molecule has 0 aromatic carbocycles. The van der Waals surface area contributed by atoms with Crippen LogP contribution in [0.4, 0.5) is 0 Å². The summed E-state index contributed by atoms with van der Waals surface area (Å²) in [6.07, 6.45) is 0. The van der Waals surface area contributed by atoms with Crippen LogP contribution < -0.4 is 0 Å². The van der Waals surface area contributed by atoms with Crippen LogP contribution in [0.2, 0.25) is 0 Å². The Morgan fingerprint density at radius 3 is 1.67 bits per heavy atom. The average Bonchev–Trinajstić information content (AvgIpc) is 1.37. The second-order valence-corrected chi connectivity index (χ2v) is 0.202. The molecule has 3 nitrogen and oxygen atoms in total. The molecule has 0 radical (unpaired) electrons. The van der Waals surface area contributed by atoms with E-state index in [9.17, 15) is 0 Å². The molecule has 0 heterocycles. The molecule has 0 saturated carbocycles. The number of carbonyl (C=O) groups is 1. The molecule has 0 bridgehead atoms. The number of hydrogen-bond donors (Lipinski definition) is 1. The molecule has 0 atom stereocenters. The molecule has 0 unspecified atom stereocenters. The molecule has 0 aliphatic heterocycles. The van der Waals surface area contributed by atoms with Crippen LogP contribution in [0.5, 0.6) is 0 Å². The molecule has 0 saturated heterocycles. The Hall–Kier alpha value is 2.70. The summed E-state index contributed by atoms with van der Waals surface area (Å²) < 4.78 is 0. The van der Waals surface area contributed by atoms with Crippen LogP contribution in [0, 0.1) is 0 Å². The van der Waals surface area contributed by atoms with Gasteiger partial charge in [-0.2, -0.15) is 0 Å². The van der Waals surface area contributed by atoms with Crippen molar-refractivity contribution in [3.05, 3.63) is 0 Å². The van der Waals surface area contributed by atoms with Gasteiger partial charge in [-0.05, 0) is 0 Å². The van der Waals surface area contributed by atoms with Gasteiger partial charge in [0.2, 0.25) is 0 Å². The van der Waals surface area contributed by atoms with E-state index < -0.39 is 0 Å². The second kappa shape index (κ2) is 15.6. The van der Waals surface area contributed by atoms with Crippen molar-refractivity contribution in [2.75, 3.05) is 0 Å². The summed E-state index contributed by atoms with van der Waals surface area (Å²) in [5, 5.41) is 7.01. The fraction of sp³-hybridized carbons (Fsp3) is 0. The third-order valence-corrected chi connectivity index (χ3v) is 0.0430. The first-order valence-corrected chi connectivity index (χ1v) is 0.654. The predicted molar refractivity (Wildman–Crippen MR) is 24.1 cm³/mol. The first-order chi connectivity index (χ1) is 1.91. The molecule has 1 N–H and O–H groups in total. The number of rotatable bonds is 1. The van der Waals surface area contributed by atoms with Crippen LogP contribution in [0.25, 0.3) is 0 Å². The molecular weight excluding hydrogens is 138 g/mol. The number of carbonyl (C=O) groups excluding carboxylic acids is 1. The van der Waals surface area contributed by atoms with Crippen molar-refractivity contribution in [2.45, 2.75) is 0 Å². The zero-order valence-electron chi connectivity index (χ0n) is 1.84. The monoisotopic (exact) mass is 142 g/mol. The Morgan fingerprint density at radius 2 is 1.67 bits per heavy atom. The molecular formula is CH4K2O3. The van der Waals surface area contributed by atoms with E-state index in [1.165, 1.54) is 0 Å². The molecule has 0 aliphatic carbocycles. The summed E-state index contributed by atoms with van der Waals surface area (Å²) in [6, 6.07) is 0. The molecule has 0 aromatic rings. The molecule has 5 heteroatoms. The van der Waals surface area contributed by atoms with E-state index in [4.69, 9.17) is 10.1 Å². The van der Waals surface area contributed by atoms with Crippen molar-refractivity contribution >= 4 is 109 Å². The maximum absolute atomic E-state index is 8.70. The van der Waals surface area contributed by atoms with Gasteiger partial charge >= 0.3 is 109 Å². The molecule has 0 spiro atoms. The zero-order chi connectivity index (χ0) is 3.41. The fourth-order valence-corrected chi connectivity index (χ4v) is 0. The van der Waals surface area contributed by atoms with Crippen LogP contribution in [0.1, 0.15) is 0 Å². The normalized spacial score (nSPS) is 3.50. The van der Waals surface area contributed by atoms with E-state index in [0.29, 0.717) is 0 Å². The van der Waals surface area contributed by atoms with Crippen molar-refractivity contribution in [3.63, 3.8) is 0 Å². The Bertz CT molecular complexity index is 22.8. The Kier molecular flexibility index (Phi) is 41.4. The van der Waals surface area contributed by atoms with Gasteiger partial charge in [0, 0.05) is 0 Å². The van der Waals surface area contributed by atoms with E-state index in [1.54, 1.807) is 0 Å². The van der Waals surface area contributed by atoms with Crippen molar-refractivity contribution < 1.29 is 14.9 Å². The topological polar surface area (TPSA) is 46.5 Å². The van der Waals surface area contributed by atoms with E-state index in [2.05, 4.69) is 4.89 Å². The molecule has 0 fully saturated rings. The van der Waals surface area contributed by atoms with E-state index in [1.807, 2.05) is 0 Å².